The molecule has 0 spiro atoms. The van der Waals surface area contributed by atoms with Gasteiger partial charge in [-0.1, -0.05) is 24.3 Å². The second kappa shape index (κ2) is 9.81. The molecule has 1 fully saturated rings. The Hall–Kier alpha value is -3.09. The van der Waals surface area contributed by atoms with Crippen molar-refractivity contribution in [2.24, 2.45) is 5.92 Å². The van der Waals surface area contributed by atoms with Crippen molar-refractivity contribution in [3.05, 3.63) is 54.1 Å². The van der Waals surface area contributed by atoms with E-state index < -0.39 is 10.0 Å². The molecule has 2 aromatic rings. The zero-order chi connectivity index (χ0) is 23.4. The Morgan fingerprint density at radius 3 is 2.48 bits per heavy atom. The van der Waals surface area contributed by atoms with E-state index in [9.17, 15) is 18.5 Å². The van der Waals surface area contributed by atoms with Gasteiger partial charge in [0.05, 0.1) is 17.0 Å². The van der Waals surface area contributed by atoms with Gasteiger partial charge >= 0.3 is 0 Å². The number of ether oxygens (including phenoxy) is 2. The summed E-state index contributed by atoms with van der Waals surface area (Å²) in [5.74, 6) is 1.14. The van der Waals surface area contributed by atoms with E-state index in [0.717, 1.165) is 0 Å². The summed E-state index contributed by atoms with van der Waals surface area (Å²) in [6, 6.07) is 15.6. The first-order chi connectivity index (χ1) is 15.9. The van der Waals surface area contributed by atoms with Gasteiger partial charge in [0.1, 0.15) is 12.7 Å². The van der Waals surface area contributed by atoms with Crippen LogP contribution in [0.2, 0.25) is 0 Å². The predicted octanol–water partition coefficient (Wildman–Crippen LogP) is 2.65. The molecule has 0 saturated carbocycles. The van der Waals surface area contributed by atoms with Gasteiger partial charge in [-0.05, 0) is 44.0 Å². The number of piperidine rings is 1. The summed E-state index contributed by atoms with van der Waals surface area (Å²) < 4.78 is 39.2. The summed E-state index contributed by atoms with van der Waals surface area (Å²) in [6.07, 6.45) is 0.620. The third kappa shape index (κ3) is 4.82. The molecule has 0 aliphatic carbocycles. The van der Waals surface area contributed by atoms with E-state index in [0.29, 0.717) is 44.0 Å². The number of carbonyl (C=O) groups excluding carboxylic acids is 1. The summed E-state index contributed by atoms with van der Waals surface area (Å²) in [7, 11) is -3.78. The van der Waals surface area contributed by atoms with Gasteiger partial charge in [-0.3, -0.25) is 4.79 Å². The highest BCUT2D eigenvalue weighted by atomic mass is 32.2. The molecule has 1 unspecified atom stereocenters. The second-order valence-electron chi connectivity index (χ2n) is 8.16. The molecular formula is C24H27N3O5S. The van der Waals surface area contributed by atoms with Crippen LogP contribution in [-0.4, -0.2) is 62.4 Å². The van der Waals surface area contributed by atoms with Crippen molar-refractivity contribution in [2.75, 3.05) is 32.8 Å². The molecule has 2 aliphatic heterocycles. The predicted molar refractivity (Wildman–Crippen MR) is 121 cm³/mol. The molecule has 0 aromatic heterocycles. The minimum atomic E-state index is -3.78. The quantitative estimate of drug-likeness (QED) is 0.645. The first-order valence-corrected chi connectivity index (χ1v) is 12.5. The zero-order valence-corrected chi connectivity index (χ0v) is 19.3. The van der Waals surface area contributed by atoms with Crippen LogP contribution in [0.3, 0.4) is 0 Å². The molecule has 2 aromatic carbocycles. The van der Waals surface area contributed by atoms with E-state index in [-0.39, 0.29) is 41.5 Å². The Bertz CT molecular complexity index is 1150. The van der Waals surface area contributed by atoms with E-state index in [2.05, 4.69) is 0 Å². The average molecular weight is 470 g/mol. The zero-order valence-electron chi connectivity index (χ0n) is 18.5. The van der Waals surface area contributed by atoms with Crippen LogP contribution in [0.4, 0.5) is 0 Å². The van der Waals surface area contributed by atoms with E-state index in [1.165, 1.54) is 16.4 Å². The molecule has 0 N–H and O–H groups in total. The fraction of sp³-hybridized carbons (Fsp3) is 0.417. The fourth-order valence-electron chi connectivity index (χ4n) is 4.30. The molecule has 1 amide bonds. The number of carbonyl (C=O) groups is 1. The number of nitrogens with zero attached hydrogens (tertiary/aromatic N) is 3. The summed E-state index contributed by atoms with van der Waals surface area (Å²) in [4.78, 5) is 15.0. The van der Waals surface area contributed by atoms with Crippen molar-refractivity contribution in [3.8, 4) is 17.6 Å². The number of para-hydroxylation sites is 2. The minimum absolute atomic E-state index is 0.00873. The lowest BCUT2D eigenvalue weighted by Crippen LogP contribution is -2.48. The van der Waals surface area contributed by atoms with Crippen molar-refractivity contribution in [1.29, 1.82) is 5.26 Å². The lowest BCUT2D eigenvalue weighted by Gasteiger charge is -2.35. The van der Waals surface area contributed by atoms with E-state index in [1.807, 2.05) is 37.3 Å². The Labute approximate surface area is 194 Å². The van der Waals surface area contributed by atoms with Gasteiger partial charge < -0.3 is 14.4 Å². The first-order valence-electron chi connectivity index (χ1n) is 11.1. The maximum Gasteiger partial charge on any atom is 0.244 e. The van der Waals surface area contributed by atoms with E-state index in [4.69, 9.17) is 9.47 Å². The van der Waals surface area contributed by atoms with Crippen LogP contribution in [0.15, 0.2) is 53.4 Å². The normalized spacial score (nSPS) is 19.0. The molecular weight excluding hydrogens is 442 g/mol. The third-order valence-corrected chi connectivity index (χ3v) is 8.07. The van der Waals surface area contributed by atoms with Crippen LogP contribution in [0.25, 0.3) is 0 Å². The number of benzene rings is 2. The molecule has 174 valence electrons. The summed E-state index contributed by atoms with van der Waals surface area (Å²) >= 11 is 0. The number of rotatable bonds is 6. The highest BCUT2D eigenvalue weighted by molar-refractivity contribution is 7.89. The number of nitriles is 1. The van der Waals surface area contributed by atoms with Crippen molar-refractivity contribution >= 4 is 15.9 Å². The van der Waals surface area contributed by atoms with Gasteiger partial charge in [-0.25, -0.2) is 8.42 Å². The van der Waals surface area contributed by atoms with Gasteiger partial charge in [-0.2, -0.15) is 9.57 Å². The topological polar surface area (TPSA) is 99.9 Å². The van der Waals surface area contributed by atoms with Crippen molar-refractivity contribution in [2.45, 2.75) is 30.8 Å². The number of sulfonamides is 1. The maximum atomic E-state index is 13.2. The monoisotopic (exact) mass is 469 g/mol. The highest BCUT2D eigenvalue weighted by Gasteiger charge is 2.35. The third-order valence-electron chi connectivity index (χ3n) is 6.11. The fourth-order valence-corrected chi connectivity index (χ4v) is 5.91. The van der Waals surface area contributed by atoms with Crippen LogP contribution in [0, 0.1) is 17.2 Å². The Morgan fingerprint density at radius 2 is 1.79 bits per heavy atom. The summed E-state index contributed by atoms with van der Waals surface area (Å²) in [5.41, 5.74) is 0.129. The van der Waals surface area contributed by atoms with Crippen LogP contribution in [-0.2, 0) is 14.8 Å². The van der Waals surface area contributed by atoms with Gasteiger partial charge in [0.25, 0.3) is 0 Å². The molecule has 4 rings (SSSR count). The largest absolute Gasteiger partial charge is 0.486 e. The number of fused-ring (bicyclic) bond motifs is 1. The lowest BCUT2D eigenvalue weighted by atomic mass is 9.96. The molecule has 2 heterocycles. The number of likely N-dealkylation sites (N-methyl/N-ethyl adjacent to an activating group) is 1. The molecule has 0 bridgehead atoms. The Morgan fingerprint density at radius 1 is 1.12 bits per heavy atom. The Balaban J connectivity index is 1.37. The number of hydrogen-bond acceptors (Lipinski definition) is 6. The summed E-state index contributed by atoms with van der Waals surface area (Å²) in [6.45, 7) is 3.73. The molecule has 1 saturated heterocycles. The average Bonchev–Trinajstić information content (AvgIpc) is 2.86. The van der Waals surface area contributed by atoms with Crippen LogP contribution >= 0.6 is 0 Å². The van der Waals surface area contributed by atoms with Crippen LogP contribution < -0.4 is 9.47 Å². The SMILES string of the molecule is CCN(CC1COc2ccccc2O1)C(=O)C1CCN(S(=O)(=O)c2ccccc2C#N)CC1. The molecule has 2 aliphatic rings. The lowest BCUT2D eigenvalue weighted by molar-refractivity contribution is -0.138. The van der Waals surface area contributed by atoms with Crippen LogP contribution in [0.1, 0.15) is 25.3 Å². The summed E-state index contributed by atoms with van der Waals surface area (Å²) in [5, 5.41) is 9.27. The van der Waals surface area contributed by atoms with E-state index in [1.54, 1.807) is 17.0 Å². The standard InChI is InChI=1S/C24H27N3O5S/c1-2-26(16-20-17-31-21-8-4-5-9-22(21)32-20)24(28)18-11-13-27(14-12-18)33(29,30)23-10-6-3-7-19(23)15-25/h3-10,18,20H,2,11-14,16-17H2,1H3. The van der Waals surface area contributed by atoms with Gasteiger partial charge in [0, 0.05) is 25.6 Å². The van der Waals surface area contributed by atoms with Gasteiger partial charge in [-0.15, -0.1) is 0 Å². The number of hydrogen-bond donors (Lipinski definition) is 0. The molecule has 33 heavy (non-hydrogen) atoms. The van der Waals surface area contributed by atoms with Crippen molar-refractivity contribution in [1.82, 2.24) is 9.21 Å². The highest BCUT2D eigenvalue weighted by Crippen LogP contribution is 2.31. The second-order valence-corrected chi connectivity index (χ2v) is 10.1. The van der Waals surface area contributed by atoms with E-state index >= 15 is 0 Å². The molecule has 0 radical (unpaired) electrons. The minimum Gasteiger partial charge on any atom is -0.486 e. The molecule has 9 heteroatoms. The Kier molecular flexibility index (Phi) is 6.86. The number of amides is 1. The maximum absolute atomic E-state index is 13.2. The van der Waals surface area contributed by atoms with Gasteiger partial charge in [0.2, 0.25) is 15.9 Å². The van der Waals surface area contributed by atoms with Crippen molar-refractivity contribution in [3.63, 3.8) is 0 Å². The first kappa shape index (κ1) is 23.1. The van der Waals surface area contributed by atoms with Crippen LogP contribution in [0.5, 0.6) is 11.5 Å². The molecule has 1 atom stereocenters. The van der Waals surface area contributed by atoms with Gasteiger partial charge in [0.15, 0.2) is 17.6 Å². The van der Waals surface area contributed by atoms with Crippen molar-refractivity contribution < 1.29 is 22.7 Å². The smallest absolute Gasteiger partial charge is 0.244 e. The molecule has 8 nitrogen and oxygen atoms in total.